The second-order valence-corrected chi connectivity index (χ2v) is 6.30. The van der Waals surface area contributed by atoms with Crippen LogP contribution in [-0.2, 0) is 4.79 Å². The van der Waals surface area contributed by atoms with E-state index in [-0.39, 0.29) is 17.9 Å². The van der Waals surface area contributed by atoms with Gasteiger partial charge in [0.25, 0.3) is 0 Å². The van der Waals surface area contributed by atoms with E-state index in [0.717, 1.165) is 44.4 Å². The zero-order valence-corrected chi connectivity index (χ0v) is 13.2. The predicted molar refractivity (Wildman–Crippen MR) is 84.6 cm³/mol. The number of likely N-dealkylation sites (tertiary alicyclic amines) is 1. The Kier molecular flexibility index (Phi) is 4.67. The minimum Gasteiger partial charge on any atom is -0.494 e. The molecule has 0 bridgehead atoms. The maximum Gasteiger partial charge on any atom is 0.228 e. The molecule has 1 N–H and O–H groups in total. The van der Waals surface area contributed by atoms with E-state index >= 15 is 0 Å². The zero-order chi connectivity index (χ0) is 15.5. The molecule has 1 aromatic carbocycles. The standard InChI is InChI=1S/C18H25NO3/c1-2-22-14-10-8-13(9-11-14)16-6-4-12-19(16)18(21)15-5-3-7-17(15)20/h8-11,15-17,20H,2-7,12H2,1H3. The van der Waals surface area contributed by atoms with Gasteiger partial charge in [-0.25, -0.2) is 0 Å². The van der Waals surface area contributed by atoms with Gasteiger partial charge < -0.3 is 14.7 Å². The quantitative estimate of drug-likeness (QED) is 0.930. The molecule has 3 atom stereocenters. The van der Waals surface area contributed by atoms with Crippen molar-refractivity contribution >= 4 is 5.91 Å². The van der Waals surface area contributed by atoms with Gasteiger partial charge in [0, 0.05) is 6.54 Å². The van der Waals surface area contributed by atoms with Crippen LogP contribution >= 0.6 is 0 Å². The Morgan fingerprint density at radius 2 is 2.00 bits per heavy atom. The van der Waals surface area contributed by atoms with Crippen LogP contribution in [-0.4, -0.2) is 35.2 Å². The van der Waals surface area contributed by atoms with Crippen molar-refractivity contribution in [2.45, 2.75) is 51.2 Å². The molecule has 0 radical (unpaired) electrons. The number of nitrogens with zero attached hydrogens (tertiary/aromatic N) is 1. The van der Waals surface area contributed by atoms with E-state index in [1.165, 1.54) is 5.56 Å². The highest BCUT2D eigenvalue weighted by Crippen LogP contribution is 2.36. The molecule has 4 heteroatoms. The Bertz CT molecular complexity index is 514. The average Bonchev–Trinajstić information content (AvgIpc) is 3.16. The summed E-state index contributed by atoms with van der Waals surface area (Å²) in [6, 6.07) is 8.23. The van der Waals surface area contributed by atoms with E-state index < -0.39 is 6.10 Å². The second kappa shape index (κ2) is 6.69. The molecule has 1 saturated carbocycles. The lowest BCUT2D eigenvalue weighted by Gasteiger charge is -2.29. The van der Waals surface area contributed by atoms with Crippen LogP contribution in [0.4, 0.5) is 0 Å². The lowest BCUT2D eigenvalue weighted by atomic mass is 10.0. The van der Waals surface area contributed by atoms with Gasteiger partial charge in [-0.3, -0.25) is 4.79 Å². The van der Waals surface area contributed by atoms with E-state index in [2.05, 4.69) is 12.1 Å². The van der Waals surface area contributed by atoms with Crippen molar-refractivity contribution in [3.05, 3.63) is 29.8 Å². The molecule has 1 aliphatic heterocycles. The van der Waals surface area contributed by atoms with Gasteiger partial charge in [0.2, 0.25) is 5.91 Å². The highest BCUT2D eigenvalue weighted by Gasteiger charge is 2.38. The summed E-state index contributed by atoms with van der Waals surface area (Å²) < 4.78 is 5.48. The normalized spacial score (nSPS) is 28.1. The van der Waals surface area contributed by atoms with E-state index in [4.69, 9.17) is 4.74 Å². The van der Waals surface area contributed by atoms with Gasteiger partial charge in [-0.15, -0.1) is 0 Å². The summed E-state index contributed by atoms with van der Waals surface area (Å²) in [5, 5.41) is 10.0. The highest BCUT2D eigenvalue weighted by molar-refractivity contribution is 5.80. The molecule has 1 aliphatic carbocycles. The largest absolute Gasteiger partial charge is 0.494 e. The van der Waals surface area contributed by atoms with Crippen molar-refractivity contribution in [3.63, 3.8) is 0 Å². The number of amides is 1. The molecule has 1 aromatic rings. The predicted octanol–water partition coefficient (Wildman–Crippen LogP) is 2.91. The van der Waals surface area contributed by atoms with Gasteiger partial charge in [0.05, 0.1) is 24.7 Å². The SMILES string of the molecule is CCOc1ccc(C2CCCN2C(=O)C2CCCC2O)cc1. The molecule has 0 aromatic heterocycles. The van der Waals surface area contributed by atoms with Crippen LogP contribution < -0.4 is 4.74 Å². The van der Waals surface area contributed by atoms with Gasteiger partial charge in [0.1, 0.15) is 5.75 Å². The Morgan fingerprint density at radius 1 is 1.23 bits per heavy atom. The molecule has 1 saturated heterocycles. The molecular weight excluding hydrogens is 278 g/mol. The number of carbonyl (C=O) groups is 1. The highest BCUT2D eigenvalue weighted by atomic mass is 16.5. The second-order valence-electron chi connectivity index (χ2n) is 6.30. The first-order valence-electron chi connectivity index (χ1n) is 8.42. The number of carbonyl (C=O) groups excluding carboxylic acids is 1. The number of hydrogen-bond acceptors (Lipinski definition) is 3. The van der Waals surface area contributed by atoms with E-state index in [9.17, 15) is 9.90 Å². The third kappa shape index (κ3) is 2.98. The van der Waals surface area contributed by atoms with Gasteiger partial charge in [-0.05, 0) is 56.7 Å². The number of benzene rings is 1. The van der Waals surface area contributed by atoms with Crippen molar-refractivity contribution in [2.75, 3.05) is 13.2 Å². The first-order chi connectivity index (χ1) is 10.7. The molecule has 3 rings (SSSR count). The van der Waals surface area contributed by atoms with Crippen molar-refractivity contribution in [3.8, 4) is 5.75 Å². The van der Waals surface area contributed by atoms with Crippen molar-refractivity contribution < 1.29 is 14.6 Å². The molecular formula is C18H25NO3. The summed E-state index contributed by atoms with van der Waals surface area (Å²) in [5.74, 6) is 0.818. The number of aliphatic hydroxyl groups is 1. The maximum absolute atomic E-state index is 12.8. The molecule has 2 fully saturated rings. The smallest absolute Gasteiger partial charge is 0.228 e. The lowest BCUT2D eigenvalue weighted by molar-refractivity contribution is -0.139. The van der Waals surface area contributed by atoms with Crippen LogP contribution in [0.25, 0.3) is 0 Å². The average molecular weight is 303 g/mol. The minimum absolute atomic E-state index is 0.140. The van der Waals surface area contributed by atoms with Gasteiger partial charge >= 0.3 is 0 Å². The molecule has 1 heterocycles. The van der Waals surface area contributed by atoms with Crippen LogP contribution in [0.5, 0.6) is 5.75 Å². The first-order valence-corrected chi connectivity index (χ1v) is 8.42. The van der Waals surface area contributed by atoms with E-state index in [1.807, 2.05) is 24.0 Å². The Hall–Kier alpha value is -1.55. The molecule has 3 unspecified atom stereocenters. The van der Waals surface area contributed by atoms with Gasteiger partial charge in [0.15, 0.2) is 0 Å². The van der Waals surface area contributed by atoms with Crippen LogP contribution in [0.2, 0.25) is 0 Å². The third-order valence-corrected chi connectivity index (χ3v) is 4.91. The van der Waals surface area contributed by atoms with Crippen molar-refractivity contribution in [2.24, 2.45) is 5.92 Å². The number of ether oxygens (including phenoxy) is 1. The maximum atomic E-state index is 12.8. The van der Waals surface area contributed by atoms with Crippen LogP contribution in [0.15, 0.2) is 24.3 Å². The third-order valence-electron chi connectivity index (χ3n) is 4.91. The molecule has 22 heavy (non-hydrogen) atoms. The first kappa shape index (κ1) is 15.3. The van der Waals surface area contributed by atoms with Crippen LogP contribution in [0.1, 0.15) is 50.6 Å². The molecule has 4 nitrogen and oxygen atoms in total. The lowest BCUT2D eigenvalue weighted by Crippen LogP contribution is -2.38. The Labute approximate surface area is 132 Å². The van der Waals surface area contributed by atoms with Gasteiger partial charge in [-0.1, -0.05) is 12.1 Å². The van der Waals surface area contributed by atoms with Crippen LogP contribution in [0, 0.1) is 5.92 Å². The summed E-state index contributed by atoms with van der Waals surface area (Å²) in [6.45, 7) is 3.44. The molecule has 1 amide bonds. The van der Waals surface area contributed by atoms with Crippen molar-refractivity contribution in [1.29, 1.82) is 0 Å². The molecule has 120 valence electrons. The number of rotatable bonds is 4. The monoisotopic (exact) mass is 303 g/mol. The summed E-state index contributed by atoms with van der Waals surface area (Å²) in [6.07, 6.45) is 4.13. The summed E-state index contributed by atoms with van der Waals surface area (Å²) >= 11 is 0. The zero-order valence-electron chi connectivity index (χ0n) is 13.2. The summed E-state index contributed by atoms with van der Waals surface area (Å²) in [7, 11) is 0. The van der Waals surface area contributed by atoms with E-state index in [0.29, 0.717) is 6.61 Å². The number of hydrogen-bond donors (Lipinski definition) is 1. The fraction of sp³-hybridized carbons (Fsp3) is 0.611. The number of aliphatic hydroxyl groups excluding tert-OH is 1. The van der Waals surface area contributed by atoms with Crippen LogP contribution in [0.3, 0.4) is 0 Å². The summed E-state index contributed by atoms with van der Waals surface area (Å²) in [4.78, 5) is 14.7. The molecule has 2 aliphatic rings. The fourth-order valence-electron chi connectivity index (χ4n) is 3.77. The Balaban J connectivity index is 1.73. The summed E-state index contributed by atoms with van der Waals surface area (Å²) in [5.41, 5.74) is 1.17. The molecule has 0 spiro atoms. The fourth-order valence-corrected chi connectivity index (χ4v) is 3.77. The topological polar surface area (TPSA) is 49.8 Å². The Morgan fingerprint density at radius 3 is 2.64 bits per heavy atom. The van der Waals surface area contributed by atoms with Gasteiger partial charge in [-0.2, -0.15) is 0 Å². The minimum atomic E-state index is -0.450. The van der Waals surface area contributed by atoms with E-state index in [1.54, 1.807) is 0 Å². The van der Waals surface area contributed by atoms with Crippen molar-refractivity contribution in [1.82, 2.24) is 4.90 Å².